The van der Waals surface area contributed by atoms with Gasteiger partial charge in [-0.15, -0.1) is 0 Å². The lowest BCUT2D eigenvalue weighted by molar-refractivity contribution is 0.234. The van der Waals surface area contributed by atoms with E-state index >= 15 is 0 Å². The van der Waals surface area contributed by atoms with Crippen molar-refractivity contribution in [2.24, 2.45) is 0 Å². The number of pyridine rings is 1. The number of benzene rings is 3. The summed E-state index contributed by atoms with van der Waals surface area (Å²) in [6, 6.07) is 35.9. The zero-order valence-electron chi connectivity index (χ0n) is 16.1. The Hall–Kier alpha value is -2.80. The minimum Gasteiger partial charge on any atom is -0.340 e. The Labute approximate surface area is 173 Å². The summed E-state index contributed by atoms with van der Waals surface area (Å²) in [4.78, 5) is 5.03. The molecule has 0 saturated carbocycles. The third-order valence-corrected chi connectivity index (χ3v) is 7.28. The normalized spacial score (nSPS) is 15.4. The van der Waals surface area contributed by atoms with Crippen LogP contribution < -0.4 is 10.6 Å². The molecular formula is C26H22NOP. The summed E-state index contributed by atoms with van der Waals surface area (Å²) in [5.74, 6) is 0. The summed E-state index contributed by atoms with van der Waals surface area (Å²) in [5.41, 5.74) is 4.58. The van der Waals surface area contributed by atoms with E-state index in [9.17, 15) is 0 Å². The van der Waals surface area contributed by atoms with E-state index in [1.165, 1.54) is 16.2 Å². The molecule has 29 heavy (non-hydrogen) atoms. The standard InChI is InChI=1S/C26H22NOP/c1-4-10-20(11-5-1)24-18-16-21-17-19-25(26(21)27-24)28-29(22-12-6-2-7-13-22)23-14-8-3-9-15-23/h1-16,18,25H,17,19H2/t25-/m0/s1. The molecule has 1 aliphatic carbocycles. The van der Waals surface area contributed by atoms with Crippen molar-refractivity contribution >= 4 is 18.8 Å². The maximum Gasteiger partial charge on any atom is 0.105 e. The van der Waals surface area contributed by atoms with Gasteiger partial charge in [0.1, 0.15) is 6.10 Å². The highest BCUT2D eigenvalue weighted by Crippen LogP contribution is 2.45. The van der Waals surface area contributed by atoms with Crippen LogP contribution >= 0.6 is 8.15 Å². The Balaban J connectivity index is 1.49. The van der Waals surface area contributed by atoms with Gasteiger partial charge in [0.05, 0.1) is 19.5 Å². The fourth-order valence-corrected chi connectivity index (χ4v) is 5.70. The van der Waals surface area contributed by atoms with Crippen molar-refractivity contribution in [1.82, 2.24) is 4.98 Å². The molecule has 0 saturated heterocycles. The Kier molecular flexibility index (Phi) is 5.21. The molecule has 4 aromatic rings. The molecule has 142 valence electrons. The van der Waals surface area contributed by atoms with E-state index in [4.69, 9.17) is 9.51 Å². The highest BCUT2D eigenvalue weighted by Gasteiger charge is 2.29. The molecule has 1 aromatic heterocycles. The molecule has 5 rings (SSSR count). The van der Waals surface area contributed by atoms with Gasteiger partial charge in [0.25, 0.3) is 0 Å². The SMILES string of the molecule is c1ccc(-c2ccc3c(n2)[C@@H](OP(c2ccccc2)c2ccccc2)CC3)cc1. The Bertz CT molecular complexity index is 1040. The van der Waals surface area contributed by atoms with Gasteiger partial charge >= 0.3 is 0 Å². The molecule has 2 nitrogen and oxygen atoms in total. The van der Waals surface area contributed by atoms with Crippen LogP contribution in [0.4, 0.5) is 0 Å². The van der Waals surface area contributed by atoms with Gasteiger partial charge in [-0.1, -0.05) is 97.1 Å². The number of hydrogen-bond donors (Lipinski definition) is 0. The highest BCUT2D eigenvalue weighted by molar-refractivity contribution is 7.68. The molecule has 0 N–H and O–H groups in total. The Morgan fingerprint density at radius 1 is 0.690 bits per heavy atom. The van der Waals surface area contributed by atoms with Crippen LogP contribution in [0.25, 0.3) is 11.3 Å². The monoisotopic (exact) mass is 395 g/mol. The smallest absolute Gasteiger partial charge is 0.105 e. The molecule has 1 atom stereocenters. The summed E-state index contributed by atoms with van der Waals surface area (Å²) in [6.45, 7) is 0. The number of hydrogen-bond acceptors (Lipinski definition) is 2. The van der Waals surface area contributed by atoms with E-state index in [1.807, 2.05) is 6.07 Å². The van der Waals surface area contributed by atoms with Gasteiger partial charge < -0.3 is 4.52 Å². The predicted molar refractivity (Wildman–Crippen MR) is 121 cm³/mol. The van der Waals surface area contributed by atoms with Gasteiger partial charge in [0, 0.05) is 16.2 Å². The van der Waals surface area contributed by atoms with Gasteiger partial charge in [-0.3, -0.25) is 0 Å². The second-order valence-electron chi connectivity index (χ2n) is 7.21. The number of fused-ring (bicyclic) bond motifs is 1. The topological polar surface area (TPSA) is 22.1 Å². The van der Waals surface area contributed by atoms with Crippen LogP contribution in [-0.2, 0) is 10.9 Å². The van der Waals surface area contributed by atoms with E-state index in [0.717, 1.165) is 29.8 Å². The minimum absolute atomic E-state index is 0.0279. The second kappa shape index (κ2) is 8.29. The number of aryl methyl sites for hydroxylation is 1. The van der Waals surface area contributed by atoms with E-state index in [2.05, 4.69) is 97.1 Å². The lowest BCUT2D eigenvalue weighted by atomic mass is 10.1. The van der Waals surface area contributed by atoms with E-state index in [0.29, 0.717) is 0 Å². The molecule has 0 aliphatic heterocycles. The van der Waals surface area contributed by atoms with Crippen LogP contribution in [0.15, 0.2) is 103 Å². The van der Waals surface area contributed by atoms with Crippen molar-refractivity contribution < 1.29 is 4.52 Å². The zero-order chi connectivity index (χ0) is 19.5. The molecule has 1 aliphatic rings. The van der Waals surface area contributed by atoms with Crippen molar-refractivity contribution in [3.05, 3.63) is 114 Å². The van der Waals surface area contributed by atoms with Gasteiger partial charge in [0.15, 0.2) is 0 Å². The van der Waals surface area contributed by atoms with E-state index < -0.39 is 8.15 Å². The molecule has 0 radical (unpaired) electrons. The summed E-state index contributed by atoms with van der Waals surface area (Å²) in [5, 5.41) is 2.47. The van der Waals surface area contributed by atoms with Crippen molar-refractivity contribution in [3.8, 4) is 11.3 Å². The average Bonchev–Trinajstić information content (AvgIpc) is 3.21. The third kappa shape index (κ3) is 3.87. The first-order valence-corrected chi connectivity index (χ1v) is 11.3. The fourth-order valence-electron chi connectivity index (χ4n) is 3.81. The maximum absolute atomic E-state index is 6.80. The van der Waals surface area contributed by atoms with Crippen molar-refractivity contribution in [3.63, 3.8) is 0 Å². The Morgan fingerprint density at radius 2 is 1.28 bits per heavy atom. The first kappa shape index (κ1) is 18.2. The maximum atomic E-state index is 6.80. The highest BCUT2D eigenvalue weighted by atomic mass is 31.1. The van der Waals surface area contributed by atoms with Crippen molar-refractivity contribution in [2.45, 2.75) is 18.9 Å². The fraction of sp³-hybridized carbons (Fsp3) is 0.115. The number of rotatable bonds is 5. The van der Waals surface area contributed by atoms with Gasteiger partial charge in [0.2, 0.25) is 0 Å². The van der Waals surface area contributed by atoms with Crippen LogP contribution in [0.2, 0.25) is 0 Å². The van der Waals surface area contributed by atoms with Crippen LogP contribution in [0.1, 0.15) is 23.8 Å². The molecule has 1 heterocycles. The van der Waals surface area contributed by atoms with Gasteiger partial charge in [-0.2, -0.15) is 0 Å². The number of nitrogens with zero attached hydrogens (tertiary/aromatic N) is 1. The average molecular weight is 395 g/mol. The molecule has 0 amide bonds. The van der Waals surface area contributed by atoms with Crippen LogP contribution in [-0.4, -0.2) is 4.98 Å². The van der Waals surface area contributed by atoms with Crippen molar-refractivity contribution in [2.75, 3.05) is 0 Å². The van der Waals surface area contributed by atoms with Crippen molar-refractivity contribution in [1.29, 1.82) is 0 Å². The first-order chi connectivity index (χ1) is 14.4. The van der Waals surface area contributed by atoms with Crippen LogP contribution in [0.5, 0.6) is 0 Å². The van der Waals surface area contributed by atoms with Gasteiger partial charge in [-0.25, -0.2) is 4.98 Å². The van der Waals surface area contributed by atoms with E-state index in [1.54, 1.807) is 0 Å². The third-order valence-electron chi connectivity index (χ3n) is 5.28. The molecule has 0 unspecified atom stereocenters. The lowest BCUT2D eigenvalue weighted by Crippen LogP contribution is -2.15. The van der Waals surface area contributed by atoms with Crippen LogP contribution in [0, 0.1) is 0 Å². The molecule has 3 heteroatoms. The lowest BCUT2D eigenvalue weighted by Gasteiger charge is -2.23. The largest absolute Gasteiger partial charge is 0.340 e. The summed E-state index contributed by atoms with van der Waals surface area (Å²) in [7, 11) is -0.890. The zero-order valence-corrected chi connectivity index (χ0v) is 17.0. The predicted octanol–water partition coefficient (Wildman–Crippen LogP) is 5.80. The molecule has 0 bridgehead atoms. The Morgan fingerprint density at radius 3 is 1.90 bits per heavy atom. The van der Waals surface area contributed by atoms with Gasteiger partial charge in [-0.05, 0) is 24.5 Å². The quantitative estimate of drug-likeness (QED) is 0.399. The summed E-state index contributed by atoms with van der Waals surface area (Å²) in [6.07, 6.45) is 2.04. The molecule has 3 aromatic carbocycles. The molecular weight excluding hydrogens is 373 g/mol. The summed E-state index contributed by atoms with van der Waals surface area (Å²) >= 11 is 0. The van der Waals surface area contributed by atoms with E-state index in [-0.39, 0.29) is 6.10 Å². The number of aromatic nitrogens is 1. The minimum atomic E-state index is -0.890. The second-order valence-corrected chi connectivity index (χ2v) is 9.04. The molecule has 0 fully saturated rings. The van der Waals surface area contributed by atoms with Crippen LogP contribution in [0.3, 0.4) is 0 Å². The summed E-state index contributed by atoms with van der Waals surface area (Å²) < 4.78 is 6.80. The first-order valence-electron chi connectivity index (χ1n) is 10.0. The molecule has 0 spiro atoms.